The Morgan fingerprint density at radius 1 is 1.56 bits per heavy atom. The van der Waals surface area contributed by atoms with Crippen molar-refractivity contribution in [3.8, 4) is 6.07 Å². The van der Waals surface area contributed by atoms with Crippen LogP contribution in [0.15, 0.2) is 18.5 Å². The second kappa shape index (κ2) is 4.95. The van der Waals surface area contributed by atoms with Crippen LogP contribution < -0.4 is 0 Å². The van der Waals surface area contributed by atoms with E-state index in [2.05, 4.69) is 11.1 Å². The molecule has 2 rings (SSSR count). The van der Waals surface area contributed by atoms with Crippen molar-refractivity contribution < 1.29 is 4.79 Å². The van der Waals surface area contributed by atoms with Crippen LogP contribution in [0.2, 0.25) is 5.02 Å². The highest BCUT2D eigenvalue weighted by atomic mass is 35.5. The predicted octanol–water partition coefficient (Wildman–Crippen LogP) is 2.50. The van der Waals surface area contributed by atoms with Crippen molar-refractivity contribution in [1.29, 1.82) is 5.26 Å². The van der Waals surface area contributed by atoms with Gasteiger partial charge in [0.15, 0.2) is 0 Å². The topological polar surface area (TPSA) is 57.0 Å². The standard InChI is InChI=1S/C13H14ClN3O/c1-13(9-15)3-6-17(7-4-13)12(18)10-2-5-16-8-11(10)14/h2,5,8H,3-4,6-7H2,1H3. The van der Waals surface area contributed by atoms with E-state index in [0.717, 1.165) is 0 Å². The molecule has 2 heterocycles. The molecule has 1 amide bonds. The number of hydrogen-bond acceptors (Lipinski definition) is 3. The minimum absolute atomic E-state index is 0.0811. The molecule has 18 heavy (non-hydrogen) atoms. The third kappa shape index (κ3) is 2.46. The summed E-state index contributed by atoms with van der Waals surface area (Å²) in [6, 6.07) is 3.94. The van der Waals surface area contributed by atoms with E-state index in [9.17, 15) is 4.79 Å². The molecule has 5 heteroatoms. The summed E-state index contributed by atoms with van der Waals surface area (Å²) in [5.41, 5.74) is 0.172. The number of likely N-dealkylation sites (tertiary alicyclic amines) is 1. The highest BCUT2D eigenvalue weighted by Gasteiger charge is 2.32. The average Bonchev–Trinajstić information content (AvgIpc) is 2.39. The SMILES string of the molecule is CC1(C#N)CCN(C(=O)c2ccncc2Cl)CC1. The number of carbonyl (C=O) groups excluding carboxylic acids is 1. The first-order valence-corrected chi connectivity index (χ1v) is 6.23. The Bertz CT molecular complexity index is 501. The summed E-state index contributed by atoms with van der Waals surface area (Å²) in [6.07, 6.45) is 4.44. The summed E-state index contributed by atoms with van der Waals surface area (Å²) in [4.78, 5) is 17.9. The van der Waals surface area contributed by atoms with Crippen LogP contribution in [0.1, 0.15) is 30.1 Å². The second-order valence-electron chi connectivity index (χ2n) is 4.82. The minimum atomic E-state index is -0.307. The average molecular weight is 264 g/mol. The fourth-order valence-electron chi connectivity index (χ4n) is 2.03. The van der Waals surface area contributed by atoms with Crippen LogP contribution in [0.3, 0.4) is 0 Å². The van der Waals surface area contributed by atoms with E-state index in [4.69, 9.17) is 16.9 Å². The maximum atomic E-state index is 12.3. The summed E-state index contributed by atoms with van der Waals surface area (Å²) in [5, 5.41) is 9.42. The fraction of sp³-hybridized carbons (Fsp3) is 0.462. The van der Waals surface area contributed by atoms with Crippen LogP contribution >= 0.6 is 11.6 Å². The Kier molecular flexibility index (Phi) is 3.53. The van der Waals surface area contributed by atoms with Gasteiger partial charge in [0.2, 0.25) is 0 Å². The van der Waals surface area contributed by atoms with E-state index in [1.54, 1.807) is 17.2 Å². The maximum absolute atomic E-state index is 12.3. The number of rotatable bonds is 1. The van der Waals surface area contributed by atoms with Crippen LogP contribution in [0.5, 0.6) is 0 Å². The lowest BCUT2D eigenvalue weighted by atomic mass is 9.82. The molecule has 1 aliphatic heterocycles. The molecule has 1 aromatic rings. The Hall–Kier alpha value is -1.60. The zero-order valence-corrected chi connectivity index (χ0v) is 10.9. The second-order valence-corrected chi connectivity index (χ2v) is 5.23. The van der Waals surface area contributed by atoms with Gasteiger partial charge in [-0.15, -0.1) is 0 Å². The number of nitriles is 1. The van der Waals surface area contributed by atoms with Crippen LogP contribution in [0.25, 0.3) is 0 Å². The minimum Gasteiger partial charge on any atom is -0.338 e. The van der Waals surface area contributed by atoms with Crippen molar-refractivity contribution in [3.63, 3.8) is 0 Å². The Morgan fingerprint density at radius 3 is 2.78 bits per heavy atom. The van der Waals surface area contributed by atoms with E-state index in [1.807, 2.05) is 6.92 Å². The first kappa shape index (κ1) is 12.8. The summed E-state index contributed by atoms with van der Waals surface area (Å²) >= 11 is 5.96. The zero-order chi connectivity index (χ0) is 13.2. The predicted molar refractivity (Wildman–Crippen MR) is 68.1 cm³/mol. The van der Waals surface area contributed by atoms with Crippen molar-refractivity contribution in [2.24, 2.45) is 5.41 Å². The largest absolute Gasteiger partial charge is 0.338 e. The van der Waals surface area contributed by atoms with Crippen molar-refractivity contribution in [3.05, 3.63) is 29.0 Å². The van der Waals surface area contributed by atoms with Crippen LogP contribution in [-0.2, 0) is 0 Å². The van der Waals surface area contributed by atoms with Crippen molar-refractivity contribution in [1.82, 2.24) is 9.88 Å². The molecular formula is C13H14ClN3O. The molecule has 0 aromatic carbocycles. The molecule has 0 saturated carbocycles. The number of halogens is 1. The van der Waals surface area contributed by atoms with E-state index in [1.165, 1.54) is 6.20 Å². The lowest BCUT2D eigenvalue weighted by Gasteiger charge is -2.35. The molecular weight excluding hydrogens is 250 g/mol. The van der Waals surface area contributed by atoms with Crippen molar-refractivity contribution >= 4 is 17.5 Å². The van der Waals surface area contributed by atoms with E-state index in [-0.39, 0.29) is 11.3 Å². The van der Waals surface area contributed by atoms with Gasteiger partial charge in [-0.1, -0.05) is 11.6 Å². The number of nitrogens with zero attached hydrogens (tertiary/aromatic N) is 3. The van der Waals surface area contributed by atoms with Gasteiger partial charge in [0.25, 0.3) is 5.91 Å². The quantitative estimate of drug-likeness (QED) is 0.782. The number of aromatic nitrogens is 1. The van der Waals surface area contributed by atoms with E-state index in [0.29, 0.717) is 36.5 Å². The van der Waals surface area contributed by atoms with E-state index < -0.39 is 0 Å². The first-order chi connectivity index (χ1) is 8.56. The van der Waals surface area contributed by atoms with Gasteiger partial charge in [-0.3, -0.25) is 9.78 Å². The summed E-state index contributed by atoms with van der Waals surface area (Å²) in [6.45, 7) is 3.14. The molecule has 0 atom stereocenters. The van der Waals surface area contributed by atoms with Gasteiger partial charge in [0, 0.05) is 25.5 Å². The van der Waals surface area contributed by atoms with Crippen molar-refractivity contribution in [2.45, 2.75) is 19.8 Å². The molecule has 1 fully saturated rings. The Balaban J connectivity index is 2.10. The molecule has 0 unspecified atom stereocenters. The van der Waals surface area contributed by atoms with Gasteiger partial charge in [-0.2, -0.15) is 5.26 Å². The number of carbonyl (C=O) groups is 1. The maximum Gasteiger partial charge on any atom is 0.255 e. The summed E-state index contributed by atoms with van der Waals surface area (Å²) in [5.74, 6) is -0.0811. The number of hydrogen-bond donors (Lipinski definition) is 0. The molecule has 0 spiro atoms. The fourth-order valence-corrected chi connectivity index (χ4v) is 2.23. The van der Waals surface area contributed by atoms with Gasteiger partial charge >= 0.3 is 0 Å². The zero-order valence-electron chi connectivity index (χ0n) is 10.2. The van der Waals surface area contributed by atoms with Gasteiger partial charge in [0.05, 0.1) is 22.1 Å². The highest BCUT2D eigenvalue weighted by molar-refractivity contribution is 6.33. The van der Waals surface area contributed by atoms with Crippen LogP contribution in [0, 0.1) is 16.7 Å². The molecule has 0 radical (unpaired) electrons. The smallest absolute Gasteiger partial charge is 0.255 e. The third-order valence-electron chi connectivity index (χ3n) is 3.43. The molecule has 0 aliphatic carbocycles. The number of pyridine rings is 1. The Labute approximate surface area is 111 Å². The van der Waals surface area contributed by atoms with Gasteiger partial charge < -0.3 is 4.90 Å². The van der Waals surface area contributed by atoms with E-state index >= 15 is 0 Å². The summed E-state index contributed by atoms with van der Waals surface area (Å²) in [7, 11) is 0. The highest BCUT2D eigenvalue weighted by Crippen LogP contribution is 2.30. The van der Waals surface area contributed by atoms with Gasteiger partial charge in [-0.25, -0.2) is 0 Å². The lowest BCUT2D eigenvalue weighted by molar-refractivity contribution is 0.0662. The molecule has 4 nitrogen and oxygen atoms in total. The number of piperidine rings is 1. The lowest BCUT2D eigenvalue weighted by Crippen LogP contribution is -2.41. The molecule has 94 valence electrons. The number of amides is 1. The molecule has 0 N–H and O–H groups in total. The van der Waals surface area contributed by atoms with Crippen molar-refractivity contribution in [2.75, 3.05) is 13.1 Å². The van der Waals surface area contributed by atoms with Crippen LogP contribution in [-0.4, -0.2) is 28.9 Å². The third-order valence-corrected chi connectivity index (χ3v) is 3.73. The van der Waals surface area contributed by atoms with Gasteiger partial charge in [0.1, 0.15) is 0 Å². The molecule has 1 saturated heterocycles. The first-order valence-electron chi connectivity index (χ1n) is 5.86. The van der Waals surface area contributed by atoms with Crippen LogP contribution in [0.4, 0.5) is 0 Å². The molecule has 1 aliphatic rings. The molecule has 0 bridgehead atoms. The monoisotopic (exact) mass is 263 g/mol. The summed E-state index contributed by atoms with van der Waals surface area (Å²) < 4.78 is 0. The molecule has 1 aromatic heterocycles. The Morgan fingerprint density at radius 2 is 2.22 bits per heavy atom. The normalized spacial score (nSPS) is 18.2. The van der Waals surface area contributed by atoms with Gasteiger partial charge in [-0.05, 0) is 25.8 Å².